The van der Waals surface area contributed by atoms with Crippen molar-refractivity contribution < 1.29 is 28.3 Å². The quantitative estimate of drug-likeness (QED) is 0.435. The molecule has 1 atom stereocenters. The number of Topliss-reactive ketones (excluding diaryl/α,β-unsaturated/α-hetero) is 1. The number of hydrogen-bond donors (Lipinski definition) is 2. The second-order valence-corrected chi connectivity index (χ2v) is 7.13. The van der Waals surface area contributed by atoms with Crippen LogP contribution in [0.4, 0.5) is 4.79 Å². The van der Waals surface area contributed by atoms with Crippen LogP contribution >= 0.6 is 0 Å². The molecule has 0 radical (unpaired) electrons. The minimum absolute atomic E-state index is 0.161. The molecule has 9 heteroatoms. The lowest BCUT2D eigenvalue weighted by molar-refractivity contribution is -0.131. The number of aryl methyl sites for hydroxylation is 2. The summed E-state index contributed by atoms with van der Waals surface area (Å²) in [4.78, 5) is 54.0. The topological polar surface area (TPSA) is 122 Å². The van der Waals surface area contributed by atoms with E-state index in [1.54, 1.807) is 39.8 Å². The summed E-state index contributed by atoms with van der Waals surface area (Å²) in [7, 11) is 0. The summed E-state index contributed by atoms with van der Waals surface area (Å²) in [5.74, 6) is -0.726. The van der Waals surface area contributed by atoms with Gasteiger partial charge in [-0.25, -0.2) is 9.59 Å². The normalized spacial score (nSPS) is 18.9. The van der Waals surface area contributed by atoms with Crippen LogP contribution in [-0.4, -0.2) is 46.7 Å². The lowest BCUT2D eigenvalue weighted by Crippen LogP contribution is -2.41. The Morgan fingerprint density at radius 1 is 1.21 bits per heavy atom. The molecule has 0 aliphatic carbocycles. The molecule has 3 amide bonds. The molecule has 1 fully saturated rings. The van der Waals surface area contributed by atoms with Crippen LogP contribution in [0.1, 0.15) is 57.5 Å². The summed E-state index contributed by atoms with van der Waals surface area (Å²) >= 11 is 0. The second-order valence-electron chi connectivity index (χ2n) is 7.13. The summed E-state index contributed by atoms with van der Waals surface area (Å²) in [6.45, 7) is 7.95. The van der Waals surface area contributed by atoms with E-state index < -0.39 is 35.8 Å². The van der Waals surface area contributed by atoms with Crippen molar-refractivity contribution >= 4 is 23.7 Å². The summed E-state index contributed by atoms with van der Waals surface area (Å²) in [6.07, 6.45) is 0. The SMILES string of the molecule is CCOC(=O)c1c(C)[nH]c(C(=O)CN2C(=O)NC(C)(c3ccc(C)o3)C2=O)c1C. The zero-order valence-corrected chi connectivity index (χ0v) is 17.0. The predicted octanol–water partition coefficient (Wildman–Crippen LogP) is 2.36. The second kappa shape index (κ2) is 7.23. The molecule has 0 bridgehead atoms. The van der Waals surface area contributed by atoms with Gasteiger partial charge in [-0.2, -0.15) is 0 Å². The maximum absolute atomic E-state index is 12.9. The van der Waals surface area contributed by atoms with E-state index in [-0.39, 0.29) is 17.9 Å². The monoisotopic (exact) mass is 401 g/mol. The molecule has 1 unspecified atom stereocenters. The van der Waals surface area contributed by atoms with Crippen molar-refractivity contribution in [3.05, 3.63) is 46.2 Å². The number of rotatable bonds is 6. The van der Waals surface area contributed by atoms with Gasteiger partial charge in [0.15, 0.2) is 11.3 Å². The maximum Gasteiger partial charge on any atom is 0.340 e. The van der Waals surface area contributed by atoms with Gasteiger partial charge in [0, 0.05) is 5.69 Å². The Balaban J connectivity index is 1.84. The average molecular weight is 401 g/mol. The summed E-state index contributed by atoms with van der Waals surface area (Å²) in [6, 6.07) is 2.62. The third-order valence-electron chi connectivity index (χ3n) is 5.01. The van der Waals surface area contributed by atoms with E-state index in [0.717, 1.165) is 4.90 Å². The number of nitrogens with one attached hydrogen (secondary N) is 2. The Hall–Kier alpha value is -3.36. The zero-order chi connectivity index (χ0) is 21.5. The molecule has 0 aromatic carbocycles. The maximum atomic E-state index is 12.9. The van der Waals surface area contributed by atoms with Crippen molar-refractivity contribution in [3.63, 3.8) is 0 Å². The number of nitrogens with zero attached hydrogens (tertiary/aromatic N) is 1. The van der Waals surface area contributed by atoms with E-state index in [4.69, 9.17) is 9.15 Å². The lowest BCUT2D eigenvalue weighted by atomic mass is 9.99. The van der Waals surface area contributed by atoms with Crippen LogP contribution in [0.15, 0.2) is 16.5 Å². The highest BCUT2D eigenvalue weighted by Crippen LogP contribution is 2.30. The third kappa shape index (κ3) is 3.32. The molecular formula is C20H23N3O6. The van der Waals surface area contributed by atoms with E-state index in [0.29, 0.717) is 22.8 Å². The van der Waals surface area contributed by atoms with Gasteiger partial charge in [0.05, 0.1) is 24.4 Å². The van der Waals surface area contributed by atoms with Crippen molar-refractivity contribution in [1.82, 2.24) is 15.2 Å². The molecule has 3 heterocycles. The fraction of sp³-hybridized carbons (Fsp3) is 0.400. The van der Waals surface area contributed by atoms with Crippen LogP contribution in [0.3, 0.4) is 0 Å². The largest absolute Gasteiger partial charge is 0.463 e. The number of furan rings is 1. The molecule has 1 aliphatic rings. The van der Waals surface area contributed by atoms with Crippen molar-refractivity contribution in [2.75, 3.05) is 13.2 Å². The first-order valence-corrected chi connectivity index (χ1v) is 9.20. The number of esters is 1. The third-order valence-corrected chi connectivity index (χ3v) is 5.01. The molecule has 2 N–H and O–H groups in total. The molecule has 0 spiro atoms. The van der Waals surface area contributed by atoms with Gasteiger partial charge in [-0.3, -0.25) is 14.5 Å². The molecule has 29 heavy (non-hydrogen) atoms. The first-order chi connectivity index (χ1) is 13.6. The highest BCUT2D eigenvalue weighted by molar-refractivity contribution is 6.11. The Morgan fingerprint density at radius 2 is 1.90 bits per heavy atom. The average Bonchev–Trinajstić information content (AvgIpc) is 3.27. The fourth-order valence-electron chi connectivity index (χ4n) is 3.47. The number of carbonyl (C=O) groups is 4. The number of urea groups is 1. The number of ketones is 1. The number of aromatic nitrogens is 1. The Bertz CT molecular complexity index is 1020. The molecule has 9 nitrogen and oxygen atoms in total. The predicted molar refractivity (Wildman–Crippen MR) is 102 cm³/mol. The first-order valence-electron chi connectivity index (χ1n) is 9.20. The number of carbonyl (C=O) groups excluding carboxylic acids is 4. The molecule has 1 aliphatic heterocycles. The molecule has 2 aromatic rings. The standard InChI is InChI=1S/C20H23N3O6/c1-6-28-17(25)15-11(3)16(21-12(15)4)13(24)9-23-18(26)20(5,22-19(23)27)14-8-7-10(2)29-14/h7-8,21H,6,9H2,1-5H3,(H,22,27). The van der Waals surface area contributed by atoms with E-state index in [2.05, 4.69) is 10.3 Å². The van der Waals surface area contributed by atoms with Gasteiger partial charge in [-0.1, -0.05) is 0 Å². The summed E-state index contributed by atoms with van der Waals surface area (Å²) in [5.41, 5.74) is -0.0423. The smallest absolute Gasteiger partial charge is 0.340 e. The first kappa shape index (κ1) is 20.4. The highest BCUT2D eigenvalue weighted by atomic mass is 16.5. The molecule has 3 rings (SSSR count). The lowest BCUT2D eigenvalue weighted by Gasteiger charge is -2.18. The minimum Gasteiger partial charge on any atom is -0.463 e. The van der Waals surface area contributed by atoms with Crippen molar-refractivity contribution in [2.24, 2.45) is 0 Å². The highest BCUT2D eigenvalue weighted by Gasteiger charge is 2.51. The van der Waals surface area contributed by atoms with Crippen LogP contribution < -0.4 is 5.32 Å². The van der Waals surface area contributed by atoms with Gasteiger partial charge in [0.25, 0.3) is 5.91 Å². The van der Waals surface area contributed by atoms with E-state index in [9.17, 15) is 19.2 Å². The Labute approximate surface area is 167 Å². The fourth-order valence-corrected chi connectivity index (χ4v) is 3.47. The van der Waals surface area contributed by atoms with Gasteiger partial charge in [-0.05, 0) is 52.3 Å². The summed E-state index contributed by atoms with van der Waals surface area (Å²) < 4.78 is 10.5. The van der Waals surface area contributed by atoms with E-state index in [1.807, 2.05) is 0 Å². The zero-order valence-electron chi connectivity index (χ0n) is 17.0. The van der Waals surface area contributed by atoms with Gasteiger partial charge < -0.3 is 19.5 Å². The van der Waals surface area contributed by atoms with Crippen molar-refractivity contribution in [3.8, 4) is 0 Å². The van der Waals surface area contributed by atoms with Crippen molar-refractivity contribution in [1.29, 1.82) is 0 Å². The number of hydrogen-bond acceptors (Lipinski definition) is 6. The van der Waals surface area contributed by atoms with Gasteiger partial charge in [0.1, 0.15) is 11.5 Å². The van der Waals surface area contributed by atoms with Gasteiger partial charge in [0.2, 0.25) is 0 Å². The molecule has 154 valence electrons. The minimum atomic E-state index is -1.39. The Morgan fingerprint density at radius 3 is 2.48 bits per heavy atom. The van der Waals surface area contributed by atoms with Crippen LogP contribution in [0.2, 0.25) is 0 Å². The van der Waals surface area contributed by atoms with Crippen LogP contribution in [0.5, 0.6) is 0 Å². The van der Waals surface area contributed by atoms with Crippen LogP contribution in [0, 0.1) is 20.8 Å². The summed E-state index contributed by atoms with van der Waals surface area (Å²) in [5, 5.41) is 2.59. The number of ether oxygens (including phenoxy) is 1. The number of amides is 3. The van der Waals surface area contributed by atoms with Crippen LogP contribution in [0.25, 0.3) is 0 Å². The van der Waals surface area contributed by atoms with E-state index >= 15 is 0 Å². The van der Waals surface area contributed by atoms with Crippen LogP contribution in [-0.2, 0) is 15.1 Å². The number of H-pyrrole nitrogens is 1. The number of aromatic amines is 1. The molecule has 1 saturated heterocycles. The number of imide groups is 1. The molecule has 0 saturated carbocycles. The van der Waals surface area contributed by atoms with Gasteiger partial charge in [-0.15, -0.1) is 0 Å². The van der Waals surface area contributed by atoms with Gasteiger partial charge >= 0.3 is 12.0 Å². The van der Waals surface area contributed by atoms with Crippen molar-refractivity contribution in [2.45, 2.75) is 40.2 Å². The molecule has 2 aromatic heterocycles. The Kier molecular flexibility index (Phi) is 5.08. The van der Waals surface area contributed by atoms with E-state index in [1.165, 1.54) is 6.92 Å². The molecular weight excluding hydrogens is 378 g/mol.